The van der Waals surface area contributed by atoms with E-state index in [4.69, 9.17) is 5.73 Å². The molecule has 0 spiro atoms. The second kappa shape index (κ2) is 9.83. The first kappa shape index (κ1) is 28.4. The second-order valence-electron chi connectivity index (χ2n) is 11.1. The number of benzene rings is 1. The minimum absolute atomic E-state index is 0.0454. The van der Waals surface area contributed by atoms with E-state index in [1.165, 1.54) is 25.1 Å². The van der Waals surface area contributed by atoms with Gasteiger partial charge in [0.05, 0.1) is 23.1 Å². The number of anilines is 1. The molecule has 12 nitrogen and oxygen atoms in total. The van der Waals surface area contributed by atoms with E-state index < -0.39 is 76.0 Å². The number of fused-ring (bicyclic) bond motifs is 3. The molecule has 0 heterocycles. The third-order valence-corrected chi connectivity index (χ3v) is 8.30. The third-order valence-electron chi connectivity index (χ3n) is 8.30. The molecule has 2 saturated carbocycles. The van der Waals surface area contributed by atoms with E-state index in [9.17, 15) is 39.0 Å². The highest BCUT2D eigenvalue weighted by atomic mass is 16.3. The van der Waals surface area contributed by atoms with Crippen molar-refractivity contribution < 1.29 is 39.0 Å². The number of phenols is 1. The van der Waals surface area contributed by atoms with Crippen LogP contribution in [-0.2, 0) is 25.6 Å². The first-order valence-electron chi connectivity index (χ1n) is 12.9. The number of nitrogens with two attached hydrogens (primary N) is 1. The molecule has 4 rings (SSSR count). The molecule has 6 atom stereocenters. The van der Waals surface area contributed by atoms with Crippen LogP contribution in [0.1, 0.15) is 46.0 Å². The van der Waals surface area contributed by atoms with E-state index in [0.717, 1.165) is 0 Å². The summed E-state index contributed by atoms with van der Waals surface area (Å²) in [5, 5.41) is 25.5. The van der Waals surface area contributed by atoms with Gasteiger partial charge in [0.1, 0.15) is 5.75 Å². The number of ketones is 4. The van der Waals surface area contributed by atoms with Crippen molar-refractivity contribution in [1.82, 2.24) is 10.2 Å². The standard InChI is InChI=1S/C27H34N4O8/c1-6-7-29-26(38)13-10-15(30(2)3)12-8-11-9-14-19(31(4)5)22(34)18(25(28)37)24(36)27(14,39)23(35)16(11)21(33)17(12)20(13)32/h10-11,14,16,18-19,32,39H,6-9H2,1-5H3,(H2,28,37)(H,29,38)/t11-,14-,16?,18?,19+,27-/m0/s1. The summed E-state index contributed by atoms with van der Waals surface area (Å²) in [4.78, 5) is 82.5. The summed E-state index contributed by atoms with van der Waals surface area (Å²) in [6.07, 6.45) is 0.714. The zero-order valence-electron chi connectivity index (χ0n) is 22.6. The number of Topliss-reactive ketones (excluding diaryl/α,β-unsaturated/α-hetero) is 4. The van der Waals surface area contributed by atoms with Crippen molar-refractivity contribution in [2.45, 2.75) is 37.8 Å². The average Bonchev–Trinajstić information content (AvgIpc) is 2.84. The number of hydrogen-bond acceptors (Lipinski definition) is 10. The lowest BCUT2D eigenvalue weighted by Gasteiger charge is -2.52. The monoisotopic (exact) mass is 542 g/mol. The third kappa shape index (κ3) is 4.04. The maximum Gasteiger partial charge on any atom is 0.255 e. The highest BCUT2D eigenvalue weighted by Crippen LogP contribution is 2.52. The zero-order chi connectivity index (χ0) is 29.1. The first-order chi connectivity index (χ1) is 18.2. The Morgan fingerprint density at radius 2 is 1.77 bits per heavy atom. The van der Waals surface area contributed by atoms with E-state index in [0.29, 0.717) is 24.2 Å². The van der Waals surface area contributed by atoms with Gasteiger partial charge in [0.2, 0.25) is 5.91 Å². The number of nitrogens with one attached hydrogen (secondary N) is 1. The summed E-state index contributed by atoms with van der Waals surface area (Å²) in [5.41, 5.74) is 3.11. The summed E-state index contributed by atoms with van der Waals surface area (Å²) in [5.74, 6) is -12.0. The summed E-state index contributed by atoms with van der Waals surface area (Å²) < 4.78 is 0. The molecule has 0 aliphatic heterocycles. The lowest BCUT2D eigenvalue weighted by atomic mass is 9.52. The van der Waals surface area contributed by atoms with Crippen LogP contribution >= 0.6 is 0 Å². The number of carbonyl (C=O) groups is 6. The Bertz CT molecular complexity index is 1300. The molecule has 3 aliphatic rings. The van der Waals surface area contributed by atoms with Crippen LogP contribution in [0.3, 0.4) is 0 Å². The second-order valence-corrected chi connectivity index (χ2v) is 11.1. The Morgan fingerprint density at radius 3 is 2.31 bits per heavy atom. The minimum Gasteiger partial charge on any atom is -0.506 e. The number of aromatic hydroxyl groups is 1. The Hall–Kier alpha value is -3.64. The maximum absolute atomic E-state index is 13.9. The summed E-state index contributed by atoms with van der Waals surface area (Å²) in [7, 11) is 6.49. The fourth-order valence-corrected chi connectivity index (χ4v) is 6.56. The van der Waals surface area contributed by atoms with Crippen LogP contribution in [0, 0.1) is 23.7 Å². The van der Waals surface area contributed by atoms with Gasteiger partial charge < -0.3 is 26.2 Å². The van der Waals surface area contributed by atoms with Crippen LogP contribution in [0.2, 0.25) is 0 Å². The summed E-state index contributed by atoms with van der Waals surface area (Å²) >= 11 is 0. The van der Waals surface area contributed by atoms with E-state index in [2.05, 4.69) is 5.32 Å². The molecule has 2 unspecified atom stereocenters. The molecule has 0 radical (unpaired) electrons. The van der Waals surface area contributed by atoms with E-state index in [1.54, 1.807) is 19.0 Å². The molecule has 12 heteroatoms. The maximum atomic E-state index is 13.9. The number of rotatable bonds is 6. The van der Waals surface area contributed by atoms with Crippen LogP contribution < -0.4 is 16.0 Å². The lowest BCUT2D eigenvalue weighted by Crippen LogP contribution is -2.74. The van der Waals surface area contributed by atoms with Crippen LogP contribution in [-0.4, -0.2) is 96.4 Å². The molecule has 39 heavy (non-hydrogen) atoms. The molecule has 1 aromatic rings. The van der Waals surface area contributed by atoms with Crippen LogP contribution in [0.15, 0.2) is 6.07 Å². The number of aliphatic hydroxyl groups is 1. The van der Waals surface area contributed by atoms with E-state index in [-0.39, 0.29) is 24.0 Å². The van der Waals surface area contributed by atoms with Crippen molar-refractivity contribution in [2.75, 3.05) is 39.6 Å². The van der Waals surface area contributed by atoms with Gasteiger partial charge in [-0.05, 0) is 50.9 Å². The van der Waals surface area contributed by atoms with Gasteiger partial charge in [-0.3, -0.25) is 33.7 Å². The number of likely N-dealkylation sites (N-methyl/N-ethyl adjacent to an activating group) is 1. The van der Waals surface area contributed by atoms with Gasteiger partial charge in [-0.1, -0.05) is 6.92 Å². The molecule has 2 amide bonds. The topological polar surface area (TPSA) is 187 Å². The number of hydrogen-bond donors (Lipinski definition) is 4. The number of phenolic OH excluding ortho intramolecular Hbond substituents is 1. The van der Waals surface area contributed by atoms with E-state index >= 15 is 0 Å². The van der Waals surface area contributed by atoms with Gasteiger partial charge >= 0.3 is 0 Å². The Balaban J connectivity index is 1.89. The predicted molar refractivity (Wildman–Crippen MR) is 138 cm³/mol. The van der Waals surface area contributed by atoms with Crippen molar-refractivity contribution in [2.24, 2.45) is 29.4 Å². The Labute approximate surface area is 225 Å². The van der Waals surface area contributed by atoms with Crippen molar-refractivity contribution >= 4 is 40.6 Å². The highest BCUT2D eigenvalue weighted by Gasteiger charge is 2.69. The number of primary amides is 1. The highest BCUT2D eigenvalue weighted by molar-refractivity contribution is 6.32. The first-order valence-corrected chi connectivity index (χ1v) is 12.9. The smallest absolute Gasteiger partial charge is 0.255 e. The van der Waals surface area contributed by atoms with Gasteiger partial charge in [-0.2, -0.15) is 0 Å². The molecule has 2 fully saturated rings. The lowest BCUT2D eigenvalue weighted by molar-refractivity contribution is -0.181. The number of carbonyl (C=O) groups excluding carboxylic acids is 6. The molecule has 210 valence electrons. The van der Waals surface area contributed by atoms with Crippen LogP contribution in [0.5, 0.6) is 5.75 Å². The molecular formula is C27H34N4O8. The molecule has 5 N–H and O–H groups in total. The average molecular weight is 543 g/mol. The van der Waals surface area contributed by atoms with Crippen molar-refractivity contribution in [3.63, 3.8) is 0 Å². The van der Waals surface area contributed by atoms with Gasteiger partial charge in [0, 0.05) is 32.2 Å². The van der Waals surface area contributed by atoms with Crippen molar-refractivity contribution in [3.05, 3.63) is 22.8 Å². The molecular weight excluding hydrogens is 508 g/mol. The fourth-order valence-electron chi connectivity index (χ4n) is 6.56. The molecule has 0 saturated heterocycles. The number of amides is 2. The SMILES string of the molecule is CCCNC(=O)c1cc(N(C)C)c2c(c1O)C(=O)C1C(=O)[C@]3(O)C(=O)C(C(N)=O)C(=O)[C@H](N(C)C)[C@@H]3C[C@@H]1C2. The largest absolute Gasteiger partial charge is 0.506 e. The Kier molecular flexibility index (Phi) is 7.15. The molecule has 3 aliphatic carbocycles. The summed E-state index contributed by atoms with van der Waals surface area (Å²) in [6.45, 7) is 2.20. The fraction of sp³-hybridized carbons (Fsp3) is 0.556. The van der Waals surface area contributed by atoms with Gasteiger partial charge in [-0.15, -0.1) is 0 Å². The van der Waals surface area contributed by atoms with Crippen LogP contribution in [0.4, 0.5) is 5.69 Å². The van der Waals surface area contributed by atoms with Gasteiger partial charge in [0.25, 0.3) is 5.91 Å². The molecule has 0 aromatic heterocycles. The minimum atomic E-state index is -2.80. The zero-order valence-corrected chi connectivity index (χ0v) is 22.6. The quantitative estimate of drug-likeness (QED) is 0.327. The molecule has 0 bridgehead atoms. The molecule has 1 aromatic carbocycles. The van der Waals surface area contributed by atoms with E-state index in [1.807, 2.05) is 6.92 Å². The summed E-state index contributed by atoms with van der Waals surface area (Å²) in [6, 6.07) is 0.319. The van der Waals surface area contributed by atoms with Crippen LogP contribution in [0.25, 0.3) is 0 Å². The van der Waals surface area contributed by atoms with Gasteiger partial charge in [0.15, 0.2) is 34.7 Å². The number of nitrogens with zero attached hydrogens (tertiary/aromatic N) is 2. The van der Waals surface area contributed by atoms with Crippen molar-refractivity contribution in [3.8, 4) is 5.75 Å². The van der Waals surface area contributed by atoms with Crippen molar-refractivity contribution in [1.29, 1.82) is 0 Å². The Morgan fingerprint density at radius 1 is 1.13 bits per heavy atom. The van der Waals surface area contributed by atoms with Gasteiger partial charge in [-0.25, -0.2) is 0 Å². The normalized spacial score (nSPS) is 30.0. The predicted octanol–water partition coefficient (Wildman–Crippen LogP) is -0.927.